The number of aliphatic imine (C=N–C) groups is 1. The third kappa shape index (κ3) is 4.14. The minimum absolute atomic E-state index is 0.498. The molecule has 1 saturated carbocycles. The highest BCUT2D eigenvalue weighted by Gasteiger charge is 2.18. The lowest BCUT2D eigenvalue weighted by Crippen LogP contribution is -2.45. The Balaban J connectivity index is 1.66. The number of guanidine groups is 1. The Morgan fingerprint density at radius 3 is 2.94 bits per heavy atom. The lowest BCUT2D eigenvalue weighted by Gasteiger charge is -2.32. The molecule has 2 aliphatic rings. The molecule has 0 aromatic heterocycles. The third-order valence-electron chi connectivity index (χ3n) is 3.88. The molecule has 104 valence electrons. The van der Waals surface area contributed by atoms with Gasteiger partial charge in [-0.3, -0.25) is 9.89 Å². The van der Waals surface area contributed by atoms with Gasteiger partial charge in [-0.25, -0.2) is 0 Å². The van der Waals surface area contributed by atoms with Gasteiger partial charge in [0.15, 0.2) is 5.96 Å². The van der Waals surface area contributed by atoms with Crippen molar-refractivity contribution in [3.05, 3.63) is 0 Å². The summed E-state index contributed by atoms with van der Waals surface area (Å²) in [6.07, 6.45) is 5.10. The van der Waals surface area contributed by atoms with Gasteiger partial charge >= 0.3 is 0 Å². The average Bonchev–Trinajstić information content (AvgIpc) is 2.84. The minimum Gasteiger partial charge on any atom is -0.379 e. The first-order chi connectivity index (χ1) is 8.75. The second kappa shape index (κ2) is 6.95. The van der Waals surface area contributed by atoms with Crippen LogP contribution in [0.3, 0.4) is 0 Å². The highest BCUT2D eigenvalue weighted by Crippen LogP contribution is 2.17. The Hall–Kier alpha value is -0.810. The van der Waals surface area contributed by atoms with Gasteiger partial charge < -0.3 is 15.8 Å². The summed E-state index contributed by atoms with van der Waals surface area (Å²) in [6, 6.07) is 1.05. The second-order valence-electron chi connectivity index (χ2n) is 5.35. The van der Waals surface area contributed by atoms with Gasteiger partial charge in [0.1, 0.15) is 0 Å². The van der Waals surface area contributed by atoms with Crippen molar-refractivity contribution in [1.29, 1.82) is 0 Å². The van der Waals surface area contributed by atoms with Gasteiger partial charge in [0, 0.05) is 25.2 Å². The predicted octanol–water partition coefficient (Wildman–Crippen LogP) is 0.554. The molecule has 1 heterocycles. The van der Waals surface area contributed by atoms with Crippen molar-refractivity contribution < 1.29 is 4.74 Å². The fourth-order valence-corrected chi connectivity index (χ4v) is 2.72. The number of morpholine rings is 1. The molecule has 1 saturated heterocycles. The normalized spacial score (nSPS) is 27.6. The topological polar surface area (TPSA) is 62.9 Å². The van der Waals surface area contributed by atoms with Gasteiger partial charge in [0.05, 0.1) is 19.8 Å². The second-order valence-corrected chi connectivity index (χ2v) is 5.35. The quantitative estimate of drug-likeness (QED) is 0.568. The van der Waals surface area contributed by atoms with Gasteiger partial charge in [-0.05, 0) is 19.8 Å². The molecule has 0 aromatic rings. The summed E-state index contributed by atoms with van der Waals surface area (Å²) in [5.74, 6) is 0.614. The molecule has 5 heteroatoms. The lowest BCUT2D eigenvalue weighted by molar-refractivity contribution is 0.00141. The van der Waals surface area contributed by atoms with E-state index in [1.54, 1.807) is 0 Å². The van der Waals surface area contributed by atoms with E-state index >= 15 is 0 Å². The molecule has 1 unspecified atom stereocenters. The van der Waals surface area contributed by atoms with E-state index in [1.165, 1.54) is 25.7 Å². The molecule has 2 rings (SSSR count). The molecule has 18 heavy (non-hydrogen) atoms. The number of nitrogens with two attached hydrogens (primary N) is 1. The third-order valence-corrected chi connectivity index (χ3v) is 3.88. The Morgan fingerprint density at radius 1 is 1.44 bits per heavy atom. The van der Waals surface area contributed by atoms with Gasteiger partial charge in [0.2, 0.25) is 0 Å². The predicted molar refractivity (Wildman–Crippen MR) is 73.7 cm³/mol. The molecule has 1 aliphatic heterocycles. The smallest absolute Gasteiger partial charge is 0.188 e. The monoisotopic (exact) mass is 254 g/mol. The molecule has 0 bridgehead atoms. The van der Waals surface area contributed by atoms with Crippen LogP contribution in [0.4, 0.5) is 0 Å². The van der Waals surface area contributed by atoms with Gasteiger partial charge in [-0.2, -0.15) is 0 Å². The molecule has 3 N–H and O–H groups in total. The lowest BCUT2D eigenvalue weighted by atomic mass is 10.2. The maximum absolute atomic E-state index is 5.90. The minimum atomic E-state index is 0.498. The van der Waals surface area contributed by atoms with Crippen LogP contribution in [0.25, 0.3) is 0 Å². The zero-order chi connectivity index (χ0) is 12.8. The van der Waals surface area contributed by atoms with Crippen LogP contribution < -0.4 is 11.1 Å². The number of hydrogen-bond donors (Lipinski definition) is 2. The molecular formula is C13H26N4O. The van der Waals surface area contributed by atoms with Gasteiger partial charge in [-0.1, -0.05) is 12.8 Å². The molecule has 1 atom stereocenters. The summed E-state index contributed by atoms with van der Waals surface area (Å²) in [6.45, 7) is 6.62. The number of hydrogen-bond acceptors (Lipinski definition) is 3. The summed E-state index contributed by atoms with van der Waals surface area (Å²) >= 11 is 0. The van der Waals surface area contributed by atoms with Crippen LogP contribution in [0.5, 0.6) is 0 Å². The van der Waals surface area contributed by atoms with Crippen LogP contribution in [-0.2, 0) is 4.74 Å². The summed E-state index contributed by atoms with van der Waals surface area (Å²) in [5, 5.41) is 3.31. The maximum Gasteiger partial charge on any atom is 0.188 e. The van der Waals surface area contributed by atoms with E-state index in [0.29, 0.717) is 18.0 Å². The zero-order valence-electron chi connectivity index (χ0n) is 11.4. The molecule has 2 fully saturated rings. The molecule has 0 aromatic carbocycles. The van der Waals surface area contributed by atoms with Crippen molar-refractivity contribution >= 4 is 5.96 Å². The largest absolute Gasteiger partial charge is 0.379 e. The average molecular weight is 254 g/mol. The Bertz CT molecular complexity index is 276. The van der Waals surface area contributed by atoms with Crippen LogP contribution in [-0.4, -0.2) is 55.8 Å². The highest BCUT2D eigenvalue weighted by molar-refractivity contribution is 5.78. The van der Waals surface area contributed by atoms with E-state index in [4.69, 9.17) is 10.5 Å². The summed E-state index contributed by atoms with van der Waals surface area (Å²) in [4.78, 5) is 6.83. The number of nitrogens with one attached hydrogen (secondary N) is 1. The summed E-state index contributed by atoms with van der Waals surface area (Å²) in [7, 11) is 0. The Kier molecular flexibility index (Phi) is 5.26. The molecular weight excluding hydrogens is 228 g/mol. The fraction of sp³-hybridized carbons (Fsp3) is 0.923. The van der Waals surface area contributed by atoms with Crippen molar-refractivity contribution in [2.45, 2.75) is 44.7 Å². The first kappa shape index (κ1) is 13.6. The van der Waals surface area contributed by atoms with Crippen molar-refractivity contribution in [1.82, 2.24) is 10.2 Å². The van der Waals surface area contributed by atoms with Crippen LogP contribution >= 0.6 is 0 Å². The maximum atomic E-state index is 5.90. The van der Waals surface area contributed by atoms with Crippen molar-refractivity contribution in [2.75, 3.05) is 32.8 Å². The SMILES string of the molecule is CC1COCCN1CCN=C(N)NC1CCCC1. The van der Waals surface area contributed by atoms with Crippen LogP contribution in [0.2, 0.25) is 0 Å². The molecule has 5 nitrogen and oxygen atoms in total. The van der Waals surface area contributed by atoms with E-state index in [-0.39, 0.29) is 0 Å². The van der Waals surface area contributed by atoms with Crippen LogP contribution in [0, 0.1) is 0 Å². The molecule has 0 amide bonds. The van der Waals surface area contributed by atoms with Crippen molar-refractivity contribution in [3.63, 3.8) is 0 Å². The van der Waals surface area contributed by atoms with Gasteiger partial charge in [0.25, 0.3) is 0 Å². The Labute approximate surface area is 110 Å². The van der Waals surface area contributed by atoms with Crippen molar-refractivity contribution in [3.8, 4) is 0 Å². The first-order valence-corrected chi connectivity index (χ1v) is 7.14. The fourth-order valence-electron chi connectivity index (χ4n) is 2.72. The number of ether oxygens (including phenoxy) is 1. The summed E-state index contributed by atoms with van der Waals surface area (Å²) < 4.78 is 5.41. The van der Waals surface area contributed by atoms with E-state index in [2.05, 4.69) is 22.1 Å². The van der Waals surface area contributed by atoms with Crippen LogP contribution in [0.1, 0.15) is 32.6 Å². The van der Waals surface area contributed by atoms with E-state index in [1.807, 2.05) is 0 Å². The summed E-state index contributed by atoms with van der Waals surface area (Å²) in [5.41, 5.74) is 5.90. The molecule has 0 radical (unpaired) electrons. The van der Waals surface area contributed by atoms with E-state index < -0.39 is 0 Å². The standard InChI is InChI=1S/C13H26N4O/c1-11-10-18-9-8-17(11)7-6-15-13(14)16-12-4-2-3-5-12/h11-12H,2-10H2,1H3,(H3,14,15,16). The number of rotatable bonds is 4. The molecule has 0 spiro atoms. The Morgan fingerprint density at radius 2 is 2.22 bits per heavy atom. The first-order valence-electron chi connectivity index (χ1n) is 7.14. The number of nitrogens with zero attached hydrogens (tertiary/aromatic N) is 2. The molecule has 1 aliphatic carbocycles. The van der Waals surface area contributed by atoms with Crippen molar-refractivity contribution in [2.24, 2.45) is 10.7 Å². The van der Waals surface area contributed by atoms with E-state index in [9.17, 15) is 0 Å². The highest BCUT2D eigenvalue weighted by atomic mass is 16.5. The van der Waals surface area contributed by atoms with Gasteiger partial charge in [-0.15, -0.1) is 0 Å². The zero-order valence-corrected chi connectivity index (χ0v) is 11.4. The van der Waals surface area contributed by atoms with E-state index in [0.717, 1.165) is 32.8 Å². The van der Waals surface area contributed by atoms with Crippen LogP contribution in [0.15, 0.2) is 4.99 Å².